The van der Waals surface area contributed by atoms with Crippen LogP contribution < -0.4 is 5.32 Å². The van der Waals surface area contributed by atoms with Gasteiger partial charge in [-0.2, -0.15) is 0 Å². The Morgan fingerprint density at radius 1 is 1.12 bits per heavy atom. The summed E-state index contributed by atoms with van der Waals surface area (Å²) in [5, 5.41) is 3.30. The summed E-state index contributed by atoms with van der Waals surface area (Å²) in [6.45, 7) is 2.16. The standard InChI is InChI=1S/C27H31N3O3/c1-3-14-27(15-16-27)29-24(31)20-12-13-21(17-20)30(2)26(32)19-10-8-18(9-11-19)25-28-22-6-4-5-7-23(22)33-25/h4-11,20-21H,3,12-17H2,1-2H3,(H,29,31). The van der Waals surface area contributed by atoms with Crippen LogP contribution in [-0.2, 0) is 4.79 Å². The molecule has 2 saturated carbocycles. The first-order chi connectivity index (χ1) is 16.0. The molecule has 2 aliphatic rings. The molecule has 1 N–H and O–H groups in total. The Morgan fingerprint density at radius 3 is 2.58 bits per heavy atom. The number of para-hydroxylation sites is 2. The van der Waals surface area contributed by atoms with Crippen LogP contribution >= 0.6 is 0 Å². The number of rotatable bonds is 7. The van der Waals surface area contributed by atoms with Crippen molar-refractivity contribution in [2.75, 3.05) is 7.05 Å². The van der Waals surface area contributed by atoms with Gasteiger partial charge >= 0.3 is 0 Å². The summed E-state index contributed by atoms with van der Waals surface area (Å²) >= 11 is 0. The molecule has 0 spiro atoms. The number of aromatic nitrogens is 1. The maximum absolute atomic E-state index is 13.1. The van der Waals surface area contributed by atoms with Gasteiger partial charge in [0.25, 0.3) is 5.91 Å². The molecule has 0 radical (unpaired) electrons. The van der Waals surface area contributed by atoms with E-state index >= 15 is 0 Å². The Balaban J connectivity index is 1.21. The van der Waals surface area contributed by atoms with Crippen LogP contribution in [0, 0.1) is 5.92 Å². The minimum absolute atomic E-state index is 0.00103. The van der Waals surface area contributed by atoms with Crippen molar-refractivity contribution in [1.82, 2.24) is 15.2 Å². The van der Waals surface area contributed by atoms with Crippen LogP contribution in [0.5, 0.6) is 0 Å². The molecule has 5 rings (SSSR count). The van der Waals surface area contributed by atoms with Gasteiger partial charge in [0.05, 0.1) is 0 Å². The van der Waals surface area contributed by atoms with Crippen LogP contribution in [0.4, 0.5) is 0 Å². The Kier molecular flexibility index (Phi) is 5.69. The predicted octanol–water partition coefficient (Wildman–Crippen LogP) is 5.18. The predicted molar refractivity (Wildman–Crippen MR) is 128 cm³/mol. The summed E-state index contributed by atoms with van der Waals surface area (Å²) in [7, 11) is 1.85. The number of carbonyl (C=O) groups excluding carboxylic acids is 2. The first kappa shape index (κ1) is 21.7. The molecule has 0 aliphatic heterocycles. The normalized spacial score (nSPS) is 21.2. The molecule has 1 aromatic heterocycles. The molecule has 3 aromatic rings. The van der Waals surface area contributed by atoms with E-state index in [-0.39, 0.29) is 29.3 Å². The second-order valence-electron chi connectivity index (χ2n) is 9.66. The molecule has 6 heteroatoms. The quantitative estimate of drug-likeness (QED) is 0.543. The monoisotopic (exact) mass is 445 g/mol. The molecule has 2 aliphatic carbocycles. The van der Waals surface area contributed by atoms with Gasteiger partial charge in [0.15, 0.2) is 5.58 Å². The SMILES string of the molecule is CCCC1(NC(=O)C2CCC(N(C)C(=O)c3ccc(-c4nc5ccccc5o4)cc3)C2)CC1. The Morgan fingerprint density at radius 2 is 1.88 bits per heavy atom. The van der Waals surface area contributed by atoms with Gasteiger partial charge in [-0.15, -0.1) is 0 Å². The van der Waals surface area contributed by atoms with Crippen molar-refractivity contribution in [2.24, 2.45) is 5.92 Å². The van der Waals surface area contributed by atoms with Crippen molar-refractivity contribution in [1.29, 1.82) is 0 Å². The zero-order chi connectivity index (χ0) is 23.0. The lowest BCUT2D eigenvalue weighted by Gasteiger charge is -2.25. The molecule has 0 saturated heterocycles. The first-order valence-electron chi connectivity index (χ1n) is 12.0. The fraction of sp³-hybridized carbons (Fsp3) is 0.444. The van der Waals surface area contributed by atoms with Crippen LogP contribution in [0.1, 0.15) is 62.2 Å². The Bertz CT molecular complexity index is 1130. The van der Waals surface area contributed by atoms with Gasteiger partial charge in [-0.05, 0) is 74.9 Å². The average Bonchev–Trinajstić information content (AvgIpc) is 3.25. The molecule has 2 atom stereocenters. The number of fused-ring (bicyclic) bond motifs is 1. The van der Waals surface area contributed by atoms with E-state index in [0.29, 0.717) is 11.5 Å². The molecule has 172 valence electrons. The van der Waals surface area contributed by atoms with Gasteiger partial charge in [-0.3, -0.25) is 9.59 Å². The number of nitrogens with one attached hydrogen (secondary N) is 1. The number of oxazole rings is 1. The zero-order valence-corrected chi connectivity index (χ0v) is 19.3. The van der Waals surface area contributed by atoms with Gasteiger partial charge in [-0.1, -0.05) is 25.5 Å². The van der Waals surface area contributed by atoms with Crippen LogP contribution in [0.25, 0.3) is 22.6 Å². The van der Waals surface area contributed by atoms with Crippen molar-refractivity contribution < 1.29 is 14.0 Å². The van der Waals surface area contributed by atoms with Crippen molar-refractivity contribution >= 4 is 22.9 Å². The topological polar surface area (TPSA) is 75.4 Å². The highest BCUT2D eigenvalue weighted by Crippen LogP contribution is 2.41. The highest BCUT2D eigenvalue weighted by Gasteiger charge is 2.45. The maximum Gasteiger partial charge on any atom is 0.253 e. The molecule has 2 unspecified atom stereocenters. The van der Waals surface area contributed by atoms with E-state index < -0.39 is 0 Å². The van der Waals surface area contributed by atoms with E-state index in [9.17, 15) is 9.59 Å². The van der Waals surface area contributed by atoms with Gasteiger partial charge in [0.1, 0.15) is 5.52 Å². The van der Waals surface area contributed by atoms with Crippen molar-refractivity contribution in [3.63, 3.8) is 0 Å². The van der Waals surface area contributed by atoms with Crippen molar-refractivity contribution in [2.45, 2.75) is 63.5 Å². The molecular formula is C27H31N3O3. The van der Waals surface area contributed by atoms with E-state index in [1.807, 2.05) is 55.6 Å². The summed E-state index contributed by atoms with van der Waals surface area (Å²) in [5.41, 5.74) is 3.08. The summed E-state index contributed by atoms with van der Waals surface area (Å²) in [4.78, 5) is 32.2. The number of benzene rings is 2. The summed E-state index contributed by atoms with van der Waals surface area (Å²) < 4.78 is 5.83. The minimum Gasteiger partial charge on any atom is -0.436 e. The van der Waals surface area contributed by atoms with E-state index in [1.165, 1.54) is 0 Å². The average molecular weight is 446 g/mol. The van der Waals surface area contributed by atoms with Gasteiger partial charge in [-0.25, -0.2) is 4.98 Å². The van der Waals surface area contributed by atoms with Crippen LogP contribution in [0.3, 0.4) is 0 Å². The van der Waals surface area contributed by atoms with E-state index in [2.05, 4.69) is 17.2 Å². The summed E-state index contributed by atoms with van der Waals surface area (Å²) in [5.74, 6) is 0.702. The maximum atomic E-state index is 13.1. The van der Waals surface area contributed by atoms with E-state index in [0.717, 1.165) is 61.6 Å². The van der Waals surface area contributed by atoms with Crippen LogP contribution in [0.15, 0.2) is 52.9 Å². The fourth-order valence-electron chi connectivity index (χ4n) is 5.10. The first-order valence-corrected chi connectivity index (χ1v) is 12.0. The van der Waals surface area contributed by atoms with Crippen molar-refractivity contribution in [3.8, 4) is 11.5 Å². The second kappa shape index (κ2) is 8.65. The summed E-state index contributed by atoms with van der Waals surface area (Å²) in [6.07, 6.45) is 6.79. The molecule has 1 heterocycles. The smallest absolute Gasteiger partial charge is 0.253 e. The molecule has 2 fully saturated rings. The van der Waals surface area contributed by atoms with E-state index in [4.69, 9.17) is 4.42 Å². The Labute approximate surface area is 194 Å². The van der Waals surface area contributed by atoms with Gasteiger partial charge in [0.2, 0.25) is 11.8 Å². The molecule has 2 amide bonds. The van der Waals surface area contributed by atoms with Crippen LogP contribution in [-0.4, -0.2) is 40.3 Å². The molecule has 33 heavy (non-hydrogen) atoms. The number of amides is 2. The van der Waals surface area contributed by atoms with E-state index in [1.54, 1.807) is 4.90 Å². The highest BCUT2D eigenvalue weighted by molar-refractivity contribution is 5.95. The minimum atomic E-state index is -0.0187. The highest BCUT2D eigenvalue weighted by atomic mass is 16.3. The number of nitrogens with zero attached hydrogens (tertiary/aromatic N) is 2. The number of hydrogen-bond acceptors (Lipinski definition) is 4. The largest absolute Gasteiger partial charge is 0.436 e. The lowest BCUT2D eigenvalue weighted by atomic mass is 10.0. The molecular weight excluding hydrogens is 414 g/mol. The van der Waals surface area contributed by atoms with Gasteiger partial charge < -0.3 is 14.6 Å². The third-order valence-corrected chi connectivity index (χ3v) is 7.29. The Hall–Kier alpha value is -3.15. The van der Waals surface area contributed by atoms with Crippen molar-refractivity contribution in [3.05, 3.63) is 54.1 Å². The second-order valence-corrected chi connectivity index (χ2v) is 9.66. The fourth-order valence-corrected chi connectivity index (χ4v) is 5.10. The third kappa shape index (κ3) is 4.39. The molecule has 2 aromatic carbocycles. The summed E-state index contributed by atoms with van der Waals surface area (Å²) in [6, 6.07) is 15.1. The third-order valence-electron chi connectivity index (χ3n) is 7.29. The lowest BCUT2D eigenvalue weighted by molar-refractivity contribution is -0.126. The molecule has 6 nitrogen and oxygen atoms in total. The zero-order valence-electron chi connectivity index (χ0n) is 19.3. The van der Waals surface area contributed by atoms with Crippen LogP contribution in [0.2, 0.25) is 0 Å². The lowest BCUT2D eigenvalue weighted by Crippen LogP contribution is -2.41. The number of carbonyl (C=O) groups is 2. The van der Waals surface area contributed by atoms with Gasteiger partial charge in [0, 0.05) is 35.7 Å². The molecule has 0 bridgehead atoms. The number of hydrogen-bond donors (Lipinski definition) is 1.